The molecule has 0 aliphatic heterocycles. The molecule has 3 nitrogen and oxygen atoms in total. The lowest BCUT2D eigenvalue weighted by atomic mass is 10.0. The Labute approximate surface area is 92.8 Å². The van der Waals surface area contributed by atoms with Crippen LogP contribution in [0.3, 0.4) is 0 Å². The number of benzene rings is 1. The van der Waals surface area contributed by atoms with Gasteiger partial charge >= 0.3 is 6.18 Å². The number of anilines is 1. The van der Waals surface area contributed by atoms with Gasteiger partial charge in [0.05, 0.1) is 5.56 Å². The van der Waals surface area contributed by atoms with Gasteiger partial charge in [-0.05, 0) is 18.2 Å². The second-order valence-corrected chi connectivity index (χ2v) is 3.30. The van der Waals surface area contributed by atoms with Gasteiger partial charge in [0, 0.05) is 11.6 Å². The largest absolute Gasteiger partial charge is 0.417 e. The van der Waals surface area contributed by atoms with Crippen LogP contribution in [0.25, 0.3) is 11.3 Å². The predicted molar refractivity (Wildman–Crippen MR) is 51.3 cm³/mol. The Hall–Kier alpha value is -2.05. The quantitative estimate of drug-likeness (QED) is 0.786. The van der Waals surface area contributed by atoms with Gasteiger partial charge in [-0.3, -0.25) is 0 Å². The summed E-state index contributed by atoms with van der Waals surface area (Å²) in [6.45, 7) is 0. The van der Waals surface area contributed by atoms with Crippen LogP contribution in [-0.2, 0) is 6.18 Å². The van der Waals surface area contributed by atoms with Gasteiger partial charge in [0.15, 0.2) is 0 Å². The summed E-state index contributed by atoms with van der Waals surface area (Å²) >= 11 is 0. The zero-order valence-electron chi connectivity index (χ0n) is 8.25. The van der Waals surface area contributed by atoms with E-state index in [1.54, 1.807) is 0 Å². The predicted octanol–water partition coefficient (Wildman–Crippen LogP) is 3.08. The molecule has 1 aromatic carbocycles. The second-order valence-electron chi connectivity index (χ2n) is 3.30. The molecule has 1 aromatic heterocycles. The van der Waals surface area contributed by atoms with Crippen molar-refractivity contribution in [3.05, 3.63) is 35.6 Å². The Kier molecular flexibility index (Phi) is 2.53. The zero-order valence-corrected chi connectivity index (χ0v) is 8.25. The van der Waals surface area contributed by atoms with Gasteiger partial charge in [0.25, 0.3) is 0 Å². The van der Waals surface area contributed by atoms with Crippen molar-refractivity contribution in [2.45, 2.75) is 6.18 Å². The van der Waals surface area contributed by atoms with E-state index in [9.17, 15) is 17.6 Å². The number of hydrogen-bond donors (Lipinski definition) is 1. The molecule has 0 radical (unpaired) electrons. The molecule has 2 N–H and O–H groups in total. The molecule has 7 heteroatoms. The molecule has 17 heavy (non-hydrogen) atoms. The lowest BCUT2D eigenvalue weighted by Crippen LogP contribution is -2.07. The monoisotopic (exact) mass is 246 g/mol. The van der Waals surface area contributed by atoms with Gasteiger partial charge < -0.3 is 10.3 Å². The number of nitrogens with two attached hydrogens (primary N) is 1. The van der Waals surface area contributed by atoms with Crippen LogP contribution in [0, 0.1) is 5.82 Å². The van der Waals surface area contributed by atoms with E-state index in [1.165, 1.54) is 0 Å². The fourth-order valence-corrected chi connectivity index (χ4v) is 1.39. The highest BCUT2D eigenvalue weighted by Gasteiger charge is 2.34. The molecule has 0 bridgehead atoms. The highest BCUT2D eigenvalue weighted by molar-refractivity contribution is 5.66. The van der Waals surface area contributed by atoms with Crippen LogP contribution in [0.1, 0.15) is 5.56 Å². The number of nitrogens with zero attached hydrogens (tertiary/aromatic N) is 1. The standard InChI is InChI=1S/C10H6F4N2O/c11-5-1-2-7(10(12,13)14)6(3-5)8-4-9(15)17-16-8/h1-4H,15H2. The van der Waals surface area contributed by atoms with Crippen LogP contribution in [0.15, 0.2) is 28.8 Å². The molecule has 0 aliphatic rings. The molecular formula is C10H6F4N2O. The molecule has 0 fully saturated rings. The SMILES string of the molecule is Nc1cc(-c2cc(F)ccc2C(F)(F)F)no1. The summed E-state index contributed by atoms with van der Waals surface area (Å²) in [5.41, 5.74) is 3.65. The van der Waals surface area contributed by atoms with E-state index >= 15 is 0 Å². The van der Waals surface area contributed by atoms with E-state index in [2.05, 4.69) is 9.68 Å². The van der Waals surface area contributed by atoms with Crippen molar-refractivity contribution in [2.75, 3.05) is 5.73 Å². The van der Waals surface area contributed by atoms with E-state index in [-0.39, 0.29) is 11.6 Å². The van der Waals surface area contributed by atoms with Crippen molar-refractivity contribution in [1.82, 2.24) is 5.16 Å². The van der Waals surface area contributed by atoms with Gasteiger partial charge in [-0.1, -0.05) is 5.16 Å². The van der Waals surface area contributed by atoms with E-state index in [0.29, 0.717) is 6.07 Å². The molecule has 0 amide bonds. The first-order valence-corrected chi connectivity index (χ1v) is 4.47. The first-order chi connectivity index (χ1) is 7.88. The number of halogens is 4. The molecule has 0 aliphatic carbocycles. The highest BCUT2D eigenvalue weighted by Crippen LogP contribution is 2.37. The van der Waals surface area contributed by atoms with Crippen molar-refractivity contribution in [1.29, 1.82) is 0 Å². The number of hydrogen-bond acceptors (Lipinski definition) is 3. The first-order valence-electron chi connectivity index (χ1n) is 4.47. The van der Waals surface area contributed by atoms with Crippen LogP contribution < -0.4 is 5.73 Å². The van der Waals surface area contributed by atoms with Gasteiger partial charge in [0.1, 0.15) is 11.5 Å². The third-order valence-electron chi connectivity index (χ3n) is 2.09. The fourth-order valence-electron chi connectivity index (χ4n) is 1.39. The molecule has 2 aromatic rings. The summed E-state index contributed by atoms with van der Waals surface area (Å²) in [4.78, 5) is 0. The van der Waals surface area contributed by atoms with Crippen LogP contribution in [0.5, 0.6) is 0 Å². The van der Waals surface area contributed by atoms with E-state index < -0.39 is 23.1 Å². The van der Waals surface area contributed by atoms with Gasteiger partial charge in [-0.25, -0.2) is 4.39 Å². The number of rotatable bonds is 1. The number of alkyl halides is 3. The van der Waals surface area contributed by atoms with Crippen molar-refractivity contribution in [3.63, 3.8) is 0 Å². The third-order valence-corrected chi connectivity index (χ3v) is 2.09. The average Bonchev–Trinajstić information content (AvgIpc) is 2.62. The summed E-state index contributed by atoms with van der Waals surface area (Å²) in [5.74, 6) is -0.938. The van der Waals surface area contributed by atoms with E-state index in [0.717, 1.165) is 18.2 Å². The Bertz CT molecular complexity index is 547. The summed E-state index contributed by atoms with van der Waals surface area (Å²) in [6.07, 6.45) is -4.60. The Morgan fingerprint density at radius 2 is 1.88 bits per heavy atom. The minimum absolute atomic E-state index is 0.141. The second kappa shape index (κ2) is 3.76. The molecule has 0 atom stereocenters. The smallest absolute Gasteiger partial charge is 0.368 e. The van der Waals surface area contributed by atoms with Crippen molar-refractivity contribution in [3.8, 4) is 11.3 Å². The topological polar surface area (TPSA) is 52.0 Å². The molecule has 0 unspecified atom stereocenters. The Balaban J connectivity index is 2.63. The first kappa shape index (κ1) is 11.4. The lowest BCUT2D eigenvalue weighted by molar-refractivity contribution is -0.137. The maximum atomic E-state index is 13.0. The Morgan fingerprint density at radius 1 is 1.18 bits per heavy atom. The minimum atomic E-state index is -4.60. The molecule has 2 rings (SSSR count). The number of nitrogen functional groups attached to an aromatic ring is 1. The van der Waals surface area contributed by atoms with Crippen LogP contribution in [0.2, 0.25) is 0 Å². The van der Waals surface area contributed by atoms with Crippen LogP contribution in [-0.4, -0.2) is 5.16 Å². The van der Waals surface area contributed by atoms with E-state index in [4.69, 9.17) is 5.73 Å². The van der Waals surface area contributed by atoms with Crippen molar-refractivity contribution in [2.24, 2.45) is 0 Å². The highest BCUT2D eigenvalue weighted by atomic mass is 19.4. The summed E-state index contributed by atoms with van der Waals surface area (Å²) in [6, 6.07) is 3.22. The summed E-state index contributed by atoms with van der Waals surface area (Å²) in [5, 5.41) is 3.33. The minimum Gasteiger partial charge on any atom is -0.368 e. The van der Waals surface area contributed by atoms with Crippen molar-refractivity contribution < 1.29 is 22.1 Å². The van der Waals surface area contributed by atoms with Crippen LogP contribution in [0.4, 0.5) is 23.4 Å². The molecule has 0 spiro atoms. The van der Waals surface area contributed by atoms with Crippen LogP contribution >= 0.6 is 0 Å². The third kappa shape index (κ3) is 2.22. The maximum absolute atomic E-state index is 13.0. The molecule has 90 valence electrons. The number of aromatic nitrogens is 1. The molecule has 1 heterocycles. The Morgan fingerprint density at radius 3 is 2.41 bits per heavy atom. The zero-order chi connectivity index (χ0) is 12.6. The lowest BCUT2D eigenvalue weighted by Gasteiger charge is -2.10. The maximum Gasteiger partial charge on any atom is 0.417 e. The van der Waals surface area contributed by atoms with E-state index in [1.807, 2.05) is 0 Å². The van der Waals surface area contributed by atoms with Gasteiger partial charge in [0.2, 0.25) is 5.88 Å². The molecule has 0 saturated heterocycles. The summed E-state index contributed by atoms with van der Waals surface area (Å²) in [7, 11) is 0. The fraction of sp³-hybridized carbons (Fsp3) is 0.100. The normalized spacial score (nSPS) is 11.8. The summed E-state index contributed by atoms with van der Waals surface area (Å²) < 4.78 is 55.4. The average molecular weight is 246 g/mol. The molecular weight excluding hydrogens is 240 g/mol. The molecule has 0 saturated carbocycles. The van der Waals surface area contributed by atoms with Crippen molar-refractivity contribution >= 4 is 5.88 Å². The van der Waals surface area contributed by atoms with Gasteiger partial charge in [-0.2, -0.15) is 13.2 Å². The van der Waals surface area contributed by atoms with Gasteiger partial charge in [-0.15, -0.1) is 0 Å².